The van der Waals surface area contributed by atoms with E-state index in [9.17, 15) is 0 Å². The number of nitrogens with zero attached hydrogens (tertiary/aromatic N) is 1. The van der Waals surface area contributed by atoms with Crippen LogP contribution < -0.4 is 0 Å². The minimum Gasteiger partial charge on any atom is -0.381 e. The first-order valence-corrected chi connectivity index (χ1v) is 4.63. The molecule has 0 aromatic heterocycles. The first-order chi connectivity index (χ1) is 5.64. The average Bonchev–Trinajstić information content (AvgIpc) is 2.06. The van der Waals surface area contributed by atoms with Crippen molar-refractivity contribution in [3.63, 3.8) is 0 Å². The monoisotopic (exact) mass is 167 g/mol. The van der Waals surface area contributed by atoms with Crippen LogP contribution in [0.5, 0.6) is 0 Å². The SMILES string of the molecule is CC(C)(C#N)CC1CCOCC1. The first-order valence-electron chi connectivity index (χ1n) is 4.63. The molecule has 1 aliphatic rings. The predicted octanol–water partition coefficient (Wildman–Crippen LogP) is 2.35. The molecule has 1 fully saturated rings. The number of hydrogen-bond acceptors (Lipinski definition) is 2. The Balaban J connectivity index is 2.35. The van der Waals surface area contributed by atoms with E-state index in [2.05, 4.69) is 6.07 Å². The van der Waals surface area contributed by atoms with Crippen molar-refractivity contribution < 1.29 is 4.74 Å². The molecule has 0 atom stereocenters. The van der Waals surface area contributed by atoms with E-state index in [1.54, 1.807) is 0 Å². The maximum Gasteiger partial charge on any atom is 0.0684 e. The molecule has 0 spiro atoms. The molecule has 68 valence electrons. The van der Waals surface area contributed by atoms with Crippen molar-refractivity contribution in [3.8, 4) is 6.07 Å². The minimum atomic E-state index is -0.151. The van der Waals surface area contributed by atoms with Crippen LogP contribution in [0.4, 0.5) is 0 Å². The second-order valence-electron chi connectivity index (χ2n) is 4.26. The van der Waals surface area contributed by atoms with Crippen molar-refractivity contribution in [1.82, 2.24) is 0 Å². The molecule has 1 saturated heterocycles. The summed E-state index contributed by atoms with van der Waals surface area (Å²) in [6, 6.07) is 2.35. The van der Waals surface area contributed by atoms with Gasteiger partial charge < -0.3 is 4.74 Å². The van der Waals surface area contributed by atoms with Gasteiger partial charge in [0.1, 0.15) is 0 Å². The lowest BCUT2D eigenvalue weighted by Crippen LogP contribution is -2.21. The van der Waals surface area contributed by atoms with Crippen LogP contribution >= 0.6 is 0 Å². The third-order valence-electron chi connectivity index (χ3n) is 2.44. The summed E-state index contributed by atoms with van der Waals surface area (Å²) < 4.78 is 5.26. The van der Waals surface area contributed by atoms with Crippen molar-refractivity contribution in [3.05, 3.63) is 0 Å². The van der Waals surface area contributed by atoms with Crippen LogP contribution in [0.25, 0.3) is 0 Å². The fraction of sp³-hybridized carbons (Fsp3) is 0.900. The molecule has 1 heterocycles. The Hall–Kier alpha value is -0.550. The Morgan fingerprint density at radius 1 is 1.42 bits per heavy atom. The normalized spacial score (nSPS) is 20.4. The van der Waals surface area contributed by atoms with Crippen LogP contribution in [0.1, 0.15) is 33.1 Å². The van der Waals surface area contributed by atoms with Gasteiger partial charge in [-0.2, -0.15) is 5.26 Å². The summed E-state index contributed by atoms with van der Waals surface area (Å²) >= 11 is 0. The molecule has 0 radical (unpaired) electrons. The van der Waals surface area contributed by atoms with E-state index in [-0.39, 0.29) is 5.41 Å². The van der Waals surface area contributed by atoms with Crippen molar-refractivity contribution in [2.45, 2.75) is 33.1 Å². The van der Waals surface area contributed by atoms with E-state index < -0.39 is 0 Å². The molecular weight excluding hydrogens is 150 g/mol. The van der Waals surface area contributed by atoms with E-state index in [4.69, 9.17) is 10.00 Å². The van der Waals surface area contributed by atoms with Crippen molar-refractivity contribution >= 4 is 0 Å². The molecule has 0 unspecified atom stereocenters. The summed E-state index contributed by atoms with van der Waals surface area (Å²) in [4.78, 5) is 0. The number of hydrogen-bond donors (Lipinski definition) is 0. The standard InChI is InChI=1S/C10H17NO/c1-10(2,8-11)7-9-3-5-12-6-4-9/h9H,3-7H2,1-2H3. The molecule has 12 heavy (non-hydrogen) atoms. The Kier molecular flexibility index (Phi) is 3.11. The van der Waals surface area contributed by atoms with Gasteiger partial charge in [0.2, 0.25) is 0 Å². The van der Waals surface area contributed by atoms with E-state index in [1.165, 1.54) is 0 Å². The van der Waals surface area contributed by atoms with Crippen molar-refractivity contribution in [1.29, 1.82) is 5.26 Å². The molecule has 1 rings (SSSR count). The minimum absolute atomic E-state index is 0.151. The van der Waals surface area contributed by atoms with Gasteiger partial charge in [-0.1, -0.05) is 0 Å². The fourth-order valence-electron chi connectivity index (χ4n) is 1.72. The Morgan fingerprint density at radius 2 is 2.00 bits per heavy atom. The maximum absolute atomic E-state index is 8.84. The highest BCUT2D eigenvalue weighted by Gasteiger charge is 2.24. The molecule has 2 heteroatoms. The molecule has 0 bridgehead atoms. The van der Waals surface area contributed by atoms with E-state index in [0.717, 1.165) is 32.5 Å². The van der Waals surface area contributed by atoms with Crippen LogP contribution in [0.3, 0.4) is 0 Å². The van der Waals surface area contributed by atoms with Gasteiger partial charge in [0.25, 0.3) is 0 Å². The topological polar surface area (TPSA) is 33.0 Å². The van der Waals surface area contributed by atoms with E-state index in [1.807, 2.05) is 13.8 Å². The van der Waals surface area contributed by atoms with Gasteiger partial charge in [-0.3, -0.25) is 0 Å². The smallest absolute Gasteiger partial charge is 0.0684 e. The Bertz CT molecular complexity index is 175. The zero-order valence-electron chi connectivity index (χ0n) is 7.97. The van der Waals surface area contributed by atoms with Crippen LogP contribution in [0.15, 0.2) is 0 Å². The quantitative estimate of drug-likeness (QED) is 0.632. The molecule has 2 nitrogen and oxygen atoms in total. The van der Waals surface area contributed by atoms with Gasteiger partial charge in [0.15, 0.2) is 0 Å². The Labute approximate surface area is 74.5 Å². The number of rotatable bonds is 2. The van der Waals surface area contributed by atoms with Gasteiger partial charge in [-0.15, -0.1) is 0 Å². The van der Waals surface area contributed by atoms with E-state index in [0.29, 0.717) is 5.92 Å². The Morgan fingerprint density at radius 3 is 2.50 bits per heavy atom. The summed E-state index contributed by atoms with van der Waals surface area (Å²) in [5.41, 5.74) is -0.151. The van der Waals surface area contributed by atoms with Gasteiger partial charge in [-0.05, 0) is 39.0 Å². The second-order valence-corrected chi connectivity index (χ2v) is 4.26. The van der Waals surface area contributed by atoms with Gasteiger partial charge in [0, 0.05) is 13.2 Å². The first kappa shape index (κ1) is 9.54. The lowest BCUT2D eigenvalue weighted by molar-refractivity contribution is 0.0562. The predicted molar refractivity (Wildman–Crippen MR) is 47.6 cm³/mol. The third-order valence-corrected chi connectivity index (χ3v) is 2.44. The summed E-state index contributed by atoms with van der Waals surface area (Å²) in [6.45, 7) is 5.79. The highest BCUT2D eigenvalue weighted by Crippen LogP contribution is 2.29. The van der Waals surface area contributed by atoms with Crippen LogP contribution in [0.2, 0.25) is 0 Å². The molecule has 0 aromatic rings. The molecule has 1 aliphatic heterocycles. The summed E-state index contributed by atoms with van der Waals surface area (Å²) in [7, 11) is 0. The van der Waals surface area contributed by atoms with Crippen LogP contribution in [-0.2, 0) is 4.74 Å². The van der Waals surface area contributed by atoms with Crippen LogP contribution in [0, 0.1) is 22.7 Å². The molecule has 0 N–H and O–H groups in total. The second kappa shape index (κ2) is 3.91. The van der Waals surface area contributed by atoms with Gasteiger partial charge in [0.05, 0.1) is 11.5 Å². The largest absolute Gasteiger partial charge is 0.381 e. The summed E-state index contributed by atoms with van der Waals surface area (Å²) in [5.74, 6) is 0.702. The number of ether oxygens (including phenoxy) is 1. The lowest BCUT2D eigenvalue weighted by atomic mass is 9.81. The zero-order chi connectivity index (χ0) is 9.03. The maximum atomic E-state index is 8.84. The highest BCUT2D eigenvalue weighted by molar-refractivity contribution is 4.93. The van der Waals surface area contributed by atoms with Crippen molar-refractivity contribution in [2.75, 3.05) is 13.2 Å². The lowest BCUT2D eigenvalue weighted by Gasteiger charge is -2.26. The molecule has 0 aliphatic carbocycles. The summed E-state index contributed by atoms with van der Waals surface area (Å²) in [6.07, 6.45) is 3.28. The highest BCUT2D eigenvalue weighted by atomic mass is 16.5. The van der Waals surface area contributed by atoms with E-state index >= 15 is 0 Å². The molecule has 0 amide bonds. The summed E-state index contributed by atoms with van der Waals surface area (Å²) in [5, 5.41) is 8.84. The third kappa shape index (κ3) is 2.83. The van der Waals surface area contributed by atoms with Crippen molar-refractivity contribution in [2.24, 2.45) is 11.3 Å². The average molecular weight is 167 g/mol. The zero-order valence-corrected chi connectivity index (χ0v) is 7.97. The van der Waals surface area contributed by atoms with Gasteiger partial charge >= 0.3 is 0 Å². The molecule has 0 saturated carbocycles. The fourth-order valence-corrected chi connectivity index (χ4v) is 1.72. The molecule has 0 aromatic carbocycles. The number of nitriles is 1. The van der Waals surface area contributed by atoms with Crippen LogP contribution in [-0.4, -0.2) is 13.2 Å². The van der Waals surface area contributed by atoms with Gasteiger partial charge in [-0.25, -0.2) is 0 Å². The molecular formula is C10H17NO.